The van der Waals surface area contributed by atoms with E-state index in [-0.39, 0.29) is 18.0 Å². The lowest BCUT2D eigenvalue weighted by Crippen LogP contribution is -2.20. The maximum Gasteiger partial charge on any atom is 0.282 e. The molecule has 0 N–H and O–H groups in total. The standard InChI is InChI=1S/C36H26BrFN4O3/c1-22-17-26(23(2)41(22)28-12-14-29(15-13-28)44-21-24-7-3-5-9-31(24)38)20-39-42-35(40-32-10-6-4-8-30(32)36(42)43)34-19-25-18-27(37)11-16-33(25)45-34/h3-20H,21H2,1-2H3. The monoisotopic (exact) mass is 660 g/mol. The fourth-order valence-corrected chi connectivity index (χ4v) is 5.80. The van der Waals surface area contributed by atoms with Crippen LogP contribution in [0.5, 0.6) is 5.75 Å². The molecule has 7 rings (SSSR count). The Hall–Kier alpha value is -5.28. The van der Waals surface area contributed by atoms with Crippen LogP contribution in [0, 0.1) is 19.7 Å². The van der Waals surface area contributed by atoms with Gasteiger partial charge in [-0.3, -0.25) is 4.79 Å². The summed E-state index contributed by atoms with van der Waals surface area (Å²) in [6, 6.07) is 31.0. The highest BCUT2D eigenvalue weighted by molar-refractivity contribution is 9.10. The second kappa shape index (κ2) is 11.7. The number of rotatable bonds is 7. The van der Waals surface area contributed by atoms with E-state index in [1.807, 2.05) is 80.6 Å². The second-order valence-corrected chi connectivity index (χ2v) is 11.6. The number of benzene rings is 4. The van der Waals surface area contributed by atoms with Crippen LogP contribution in [0.4, 0.5) is 4.39 Å². The van der Waals surface area contributed by atoms with Gasteiger partial charge in [0.2, 0.25) is 5.82 Å². The summed E-state index contributed by atoms with van der Waals surface area (Å²) < 4.78 is 30.2. The average Bonchev–Trinajstić information content (AvgIpc) is 3.59. The lowest BCUT2D eigenvalue weighted by Gasteiger charge is -2.12. The van der Waals surface area contributed by atoms with Crippen molar-refractivity contribution in [2.24, 2.45) is 5.10 Å². The first-order valence-corrected chi connectivity index (χ1v) is 15.1. The average molecular weight is 662 g/mol. The van der Waals surface area contributed by atoms with Gasteiger partial charge in [-0.15, -0.1) is 0 Å². The smallest absolute Gasteiger partial charge is 0.282 e. The van der Waals surface area contributed by atoms with Gasteiger partial charge in [0.1, 0.15) is 23.8 Å². The Bertz CT molecular complexity index is 2300. The summed E-state index contributed by atoms with van der Waals surface area (Å²) in [5, 5.41) is 5.99. The molecule has 0 spiro atoms. The number of aromatic nitrogens is 3. The molecule has 7 aromatic rings. The van der Waals surface area contributed by atoms with E-state index in [1.54, 1.807) is 36.5 Å². The number of aryl methyl sites for hydroxylation is 1. The number of ether oxygens (including phenoxy) is 1. The fourth-order valence-electron chi connectivity index (χ4n) is 5.42. The Morgan fingerprint density at radius 1 is 0.956 bits per heavy atom. The van der Waals surface area contributed by atoms with Crippen LogP contribution in [0.25, 0.3) is 39.1 Å². The second-order valence-electron chi connectivity index (χ2n) is 10.6. The molecule has 9 heteroatoms. The predicted octanol–water partition coefficient (Wildman–Crippen LogP) is 8.58. The molecular weight excluding hydrogens is 635 g/mol. The molecule has 0 atom stereocenters. The summed E-state index contributed by atoms with van der Waals surface area (Å²) in [7, 11) is 0. The zero-order valence-electron chi connectivity index (χ0n) is 24.4. The van der Waals surface area contributed by atoms with Gasteiger partial charge in [0, 0.05) is 38.1 Å². The quantitative estimate of drug-likeness (QED) is 0.161. The molecule has 3 aromatic heterocycles. The third-order valence-electron chi connectivity index (χ3n) is 7.68. The number of para-hydroxylation sites is 1. The minimum Gasteiger partial charge on any atom is -0.489 e. The van der Waals surface area contributed by atoms with Gasteiger partial charge in [-0.05, 0) is 86.6 Å². The highest BCUT2D eigenvalue weighted by Gasteiger charge is 2.17. The minimum absolute atomic E-state index is 0.144. The van der Waals surface area contributed by atoms with Gasteiger partial charge >= 0.3 is 0 Å². The van der Waals surface area contributed by atoms with Crippen LogP contribution in [0.1, 0.15) is 22.5 Å². The van der Waals surface area contributed by atoms with Crippen LogP contribution in [0.3, 0.4) is 0 Å². The molecule has 0 saturated heterocycles. The van der Waals surface area contributed by atoms with Crippen LogP contribution >= 0.6 is 15.9 Å². The van der Waals surface area contributed by atoms with Crippen molar-refractivity contribution >= 4 is 44.0 Å². The van der Waals surface area contributed by atoms with Crippen LogP contribution < -0.4 is 10.3 Å². The van der Waals surface area contributed by atoms with Crippen LogP contribution in [0.15, 0.2) is 122 Å². The van der Waals surface area contributed by atoms with Crippen molar-refractivity contribution in [3.05, 3.63) is 146 Å². The molecule has 0 aliphatic rings. The molecule has 0 amide bonds. The Morgan fingerprint density at radius 2 is 1.73 bits per heavy atom. The van der Waals surface area contributed by atoms with Gasteiger partial charge in [0.05, 0.1) is 17.1 Å². The highest BCUT2D eigenvalue weighted by atomic mass is 79.9. The van der Waals surface area contributed by atoms with E-state index in [1.165, 1.54) is 10.7 Å². The van der Waals surface area contributed by atoms with Crippen molar-refractivity contribution in [2.75, 3.05) is 0 Å². The molecule has 7 nitrogen and oxygen atoms in total. The summed E-state index contributed by atoms with van der Waals surface area (Å²) in [6.07, 6.45) is 1.67. The van der Waals surface area contributed by atoms with Crippen molar-refractivity contribution in [3.8, 4) is 23.0 Å². The normalized spacial score (nSPS) is 11.6. The maximum absolute atomic E-state index is 14.0. The molecule has 4 aromatic carbocycles. The molecule has 0 bridgehead atoms. The molecule has 45 heavy (non-hydrogen) atoms. The number of nitrogens with zero attached hydrogens (tertiary/aromatic N) is 4. The first kappa shape index (κ1) is 28.5. The van der Waals surface area contributed by atoms with Crippen molar-refractivity contribution in [1.82, 2.24) is 14.2 Å². The van der Waals surface area contributed by atoms with E-state index in [2.05, 4.69) is 25.6 Å². The summed E-state index contributed by atoms with van der Waals surface area (Å²) in [5.41, 5.74) is 5.14. The Morgan fingerprint density at radius 3 is 2.56 bits per heavy atom. The van der Waals surface area contributed by atoms with Gasteiger partial charge in [-0.25, -0.2) is 9.37 Å². The minimum atomic E-state index is -0.298. The summed E-state index contributed by atoms with van der Waals surface area (Å²) >= 11 is 3.50. The van der Waals surface area contributed by atoms with Gasteiger partial charge < -0.3 is 13.7 Å². The Kier molecular flexibility index (Phi) is 7.39. The number of hydrogen-bond acceptors (Lipinski definition) is 5. The van der Waals surface area contributed by atoms with Crippen LogP contribution in [0.2, 0.25) is 0 Å². The third kappa shape index (κ3) is 5.47. The number of fused-ring (bicyclic) bond motifs is 2. The third-order valence-corrected chi connectivity index (χ3v) is 8.18. The molecule has 0 radical (unpaired) electrons. The first-order valence-electron chi connectivity index (χ1n) is 14.3. The van der Waals surface area contributed by atoms with E-state index in [0.29, 0.717) is 39.4 Å². The largest absolute Gasteiger partial charge is 0.489 e. The molecule has 0 unspecified atom stereocenters. The molecule has 3 heterocycles. The lowest BCUT2D eigenvalue weighted by atomic mass is 10.2. The molecular formula is C36H26BrFN4O3. The van der Waals surface area contributed by atoms with Gasteiger partial charge in [-0.1, -0.05) is 46.3 Å². The molecule has 0 aliphatic carbocycles. The Balaban J connectivity index is 1.22. The van der Waals surface area contributed by atoms with E-state index in [0.717, 1.165) is 32.5 Å². The van der Waals surface area contributed by atoms with E-state index in [9.17, 15) is 9.18 Å². The van der Waals surface area contributed by atoms with E-state index < -0.39 is 0 Å². The predicted molar refractivity (Wildman–Crippen MR) is 178 cm³/mol. The summed E-state index contributed by atoms with van der Waals surface area (Å²) in [4.78, 5) is 18.5. The summed E-state index contributed by atoms with van der Waals surface area (Å²) in [6.45, 7) is 4.15. The maximum atomic E-state index is 14.0. The lowest BCUT2D eigenvalue weighted by molar-refractivity contribution is 0.300. The molecule has 222 valence electrons. The highest BCUT2D eigenvalue weighted by Crippen LogP contribution is 2.29. The van der Waals surface area contributed by atoms with Crippen molar-refractivity contribution in [1.29, 1.82) is 0 Å². The van der Waals surface area contributed by atoms with Gasteiger partial charge in [0.15, 0.2) is 5.76 Å². The number of furan rings is 1. The SMILES string of the molecule is Cc1cc(C=Nn2c(-c3cc4cc(Br)ccc4o3)nc3ccccc3c2=O)c(C)n1-c1ccc(OCc2ccccc2F)cc1. The zero-order chi connectivity index (χ0) is 31.1. The molecule has 0 fully saturated rings. The van der Waals surface area contributed by atoms with E-state index in [4.69, 9.17) is 14.1 Å². The van der Waals surface area contributed by atoms with Crippen molar-refractivity contribution in [2.45, 2.75) is 20.5 Å². The van der Waals surface area contributed by atoms with Crippen LogP contribution in [-0.2, 0) is 6.61 Å². The fraction of sp³-hybridized carbons (Fsp3) is 0.0833. The van der Waals surface area contributed by atoms with E-state index >= 15 is 0 Å². The number of hydrogen-bond donors (Lipinski definition) is 0. The van der Waals surface area contributed by atoms with Crippen molar-refractivity contribution < 1.29 is 13.5 Å². The molecule has 0 saturated carbocycles. The Labute approximate surface area is 266 Å². The first-order chi connectivity index (χ1) is 21.9. The zero-order valence-corrected chi connectivity index (χ0v) is 26.0. The van der Waals surface area contributed by atoms with Gasteiger partial charge in [-0.2, -0.15) is 9.78 Å². The topological polar surface area (TPSA) is 74.5 Å². The number of halogens is 2. The molecule has 0 aliphatic heterocycles. The van der Waals surface area contributed by atoms with Gasteiger partial charge in [0.25, 0.3) is 5.56 Å². The summed E-state index contributed by atoms with van der Waals surface area (Å²) in [5.74, 6) is 1.09. The van der Waals surface area contributed by atoms with Crippen LogP contribution in [-0.4, -0.2) is 20.4 Å². The van der Waals surface area contributed by atoms with Crippen molar-refractivity contribution in [3.63, 3.8) is 0 Å².